The van der Waals surface area contributed by atoms with Gasteiger partial charge in [0.2, 0.25) is 5.91 Å². The number of hydrogen-bond donors (Lipinski definition) is 2. The average molecular weight is 411 g/mol. The normalized spacial score (nSPS) is 22.8. The molecule has 1 aromatic carbocycles. The maximum Gasteiger partial charge on any atom is 0.251 e. The molecular weight excluding hydrogens is 376 g/mol. The second kappa shape index (κ2) is 11.1. The summed E-state index contributed by atoms with van der Waals surface area (Å²) in [5.41, 5.74) is 1.96. The third-order valence-corrected chi connectivity index (χ3v) is 6.53. The molecule has 1 saturated heterocycles. The average Bonchev–Trinajstić information content (AvgIpc) is 2.78. The Morgan fingerprint density at radius 2 is 1.80 bits per heavy atom. The molecule has 0 aromatic heterocycles. The zero-order valence-electron chi connectivity index (χ0n) is 18.0. The predicted molar refractivity (Wildman–Crippen MR) is 117 cm³/mol. The van der Waals surface area contributed by atoms with Crippen LogP contribution in [0, 0.1) is 17.2 Å². The fourth-order valence-electron chi connectivity index (χ4n) is 4.84. The van der Waals surface area contributed by atoms with Gasteiger partial charge in [-0.25, -0.2) is 0 Å². The predicted octanol–water partition coefficient (Wildman–Crippen LogP) is 3.20. The molecule has 2 aliphatic rings. The number of nitriles is 1. The molecule has 1 aliphatic carbocycles. The van der Waals surface area contributed by atoms with Gasteiger partial charge in [0.05, 0.1) is 12.0 Å². The van der Waals surface area contributed by atoms with E-state index in [0.29, 0.717) is 11.5 Å². The van der Waals surface area contributed by atoms with E-state index in [-0.39, 0.29) is 30.3 Å². The van der Waals surface area contributed by atoms with Crippen molar-refractivity contribution in [1.29, 1.82) is 5.26 Å². The fraction of sp³-hybridized carbons (Fsp3) is 0.625. The number of benzene rings is 1. The lowest BCUT2D eigenvalue weighted by Gasteiger charge is -2.32. The van der Waals surface area contributed by atoms with Gasteiger partial charge in [-0.1, -0.05) is 31.9 Å². The molecule has 2 fully saturated rings. The second-order valence-electron chi connectivity index (χ2n) is 8.58. The van der Waals surface area contributed by atoms with Crippen LogP contribution in [0.1, 0.15) is 73.7 Å². The molecule has 6 nitrogen and oxygen atoms in total. The smallest absolute Gasteiger partial charge is 0.251 e. The Labute approximate surface area is 180 Å². The molecular formula is C24H34N4O2. The van der Waals surface area contributed by atoms with Crippen molar-refractivity contribution in [2.45, 2.75) is 63.8 Å². The van der Waals surface area contributed by atoms with E-state index in [0.717, 1.165) is 38.8 Å². The molecule has 0 spiro atoms. The third-order valence-electron chi connectivity index (χ3n) is 6.53. The van der Waals surface area contributed by atoms with Crippen LogP contribution in [-0.2, 0) is 4.79 Å². The fourth-order valence-corrected chi connectivity index (χ4v) is 4.84. The summed E-state index contributed by atoms with van der Waals surface area (Å²) in [5.74, 6) is 0.0565. The van der Waals surface area contributed by atoms with Gasteiger partial charge in [0.15, 0.2) is 0 Å². The molecule has 1 heterocycles. The Kier molecular flexibility index (Phi) is 8.27. The van der Waals surface area contributed by atoms with Gasteiger partial charge >= 0.3 is 0 Å². The molecule has 0 radical (unpaired) electrons. The number of rotatable bonds is 7. The first-order valence-electron chi connectivity index (χ1n) is 11.4. The van der Waals surface area contributed by atoms with Crippen LogP contribution in [-0.4, -0.2) is 48.9 Å². The maximum absolute atomic E-state index is 12.8. The van der Waals surface area contributed by atoms with E-state index in [1.54, 1.807) is 0 Å². The van der Waals surface area contributed by atoms with Crippen molar-refractivity contribution in [3.63, 3.8) is 0 Å². The van der Waals surface area contributed by atoms with E-state index >= 15 is 0 Å². The molecule has 162 valence electrons. The topological polar surface area (TPSA) is 85.2 Å². The Morgan fingerprint density at radius 1 is 1.10 bits per heavy atom. The number of likely N-dealkylation sites (tertiary alicyclic amines) is 1. The number of piperidine rings is 1. The maximum atomic E-state index is 12.8. The van der Waals surface area contributed by atoms with E-state index in [4.69, 9.17) is 5.26 Å². The summed E-state index contributed by atoms with van der Waals surface area (Å²) in [6.07, 6.45) is 7.07. The number of hydrogen-bond acceptors (Lipinski definition) is 4. The summed E-state index contributed by atoms with van der Waals surface area (Å²) in [7, 11) is 0. The molecule has 3 rings (SSSR count). The Bertz CT molecular complexity index is 747. The van der Waals surface area contributed by atoms with Gasteiger partial charge in [-0.05, 0) is 75.4 Å². The van der Waals surface area contributed by atoms with E-state index < -0.39 is 0 Å². The summed E-state index contributed by atoms with van der Waals surface area (Å²) < 4.78 is 0. The first-order chi connectivity index (χ1) is 14.6. The Hall–Kier alpha value is -2.39. The van der Waals surface area contributed by atoms with Crippen molar-refractivity contribution in [3.8, 4) is 6.07 Å². The van der Waals surface area contributed by atoms with E-state index in [1.807, 2.05) is 18.2 Å². The van der Waals surface area contributed by atoms with E-state index in [1.165, 1.54) is 31.4 Å². The lowest BCUT2D eigenvalue weighted by Crippen LogP contribution is -2.48. The van der Waals surface area contributed by atoms with Crippen molar-refractivity contribution < 1.29 is 9.59 Å². The Morgan fingerprint density at radius 3 is 2.47 bits per heavy atom. The van der Waals surface area contributed by atoms with Gasteiger partial charge in [-0.3, -0.25) is 9.59 Å². The molecule has 2 atom stereocenters. The highest BCUT2D eigenvalue weighted by atomic mass is 16.2. The second-order valence-corrected chi connectivity index (χ2v) is 8.58. The van der Waals surface area contributed by atoms with Gasteiger partial charge in [0.1, 0.15) is 6.54 Å². The molecule has 0 unspecified atom stereocenters. The van der Waals surface area contributed by atoms with Crippen molar-refractivity contribution in [3.05, 3.63) is 35.4 Å². The molecule has 1 aliphatic heterocycles. The monoisotopic (exact) mass is 410 g/mol. The molecule has 1 saturated carbocycles. The minimum Gasteiger partial charge on any atom is -0.349 e. The quantitative estimate of drug-likeness (QED) is 0.676. The van der Waals surface area contributed by atoms with Crippen LogP contribution < -0.4 is 10.6 Å². The highest BCUT2D eigenvalue weighted by Gasteiger charge is 2.32. The van der Waals surface area contributed by atoms with Crippen molar-refractivity contribution in [2.24, 2.45) is 5.92 Å². The van der Waals surface area contributed by atoms with Crippen LogP contribution in [0.25, 0.3) is 0 Å². The Balaban J connectivity index is 1.56. The molecule has 6 heteroatoms. The molecule has 2 N–H and O–H groups in total. The van der Waals surface area contributed by atoms with Gasteiger partial charge < -0.3 is 15.5 Å². The minimum absolute atomic E-state index is 0.00876. The molecule has 30 heavy (non-hydrogen) atoms. The molecule has 2 amide bonds. The zero-order valence-corrected chi connectivity index (χ0v) is 18.0. The largest absolute Gasteiger partial charge is 0.349 e. The standard InChI is InChI=1S/C24H34N4O2/c1-2-15-28-16-11-19(12-17-28)18-7-9-20(10-8-18)23(29)27-22-6-4-3-5-21(22)24(30)26-14-13-25/h7-10,19,21-22H,2-6,11-12,14-17H2,1H3,(H,26,30)(H,27,29)/t21-,22+/m1/s1. The van der Waals surface area contributed by atoms with Gasteiger partial charge in [0, 0.05) is 11.6 Å². The summed E-state index contributed by atoms with van der Waals surface area (Å²) in [4.78, 5) is 27.7. The van der Waals surface area contributed by atoms with Crippen molar-refractivity contribution in [1.82, 2.24) is 15.5 Å². The lowest BCUT2D eigenvalue weighted by atomic mass is 9.83. The van der Waals surface area contributed by atoms with Crippen LogP contribution in [0.3, 0.4) is 0 Å². The zero-order chi connectivity index (χ0) is 21.3. The van der Waals surface area contributed by atoms with Crippen LogP contribution in [0.4, 0.5) is 0 Å². The van der Waals surface area contributed by atoms with Crippen LogP contribution in [0.15, 0.2) is 24.3 Å². The van der Waals surface area contributed by atoms with Crippen molar-refractivity contribution >= 4 is 11.8 Å². The number of carbonyl (C=O) groups excluding carboxylic acids is 2. The van der Waals surface area contributed by atoms with Gasteiger partial charge in [0.25, 0.3) is 5.91 Å². The SMILES string of the molecule is CCCN1CCC(c2ccc(C(=O)N[C@H]3CCCC[C@H]3C(=O)NCC#N)cc2)CC1. The molecule has 1 aromatic rings. The first kappa shape index (κ1) is 22.3. The van der Waals surface area contributed by atoms with E-state index in [2.05, 4.69) is 34.6 Å². The minimum atomic E-state index is -0.261. The van der Waals surface area contributed by atoms with Gasteiger partial charge in [-0.15, -0.1) is 0 Å². The highest BCUT2D eigenvalue weighted by Crippen LogP contribution is 2.29. The number of nitrogens with one attached hydrogen (secondary N) is 2. The number of nitrogens with zero attached hydrogens (tertiary/aromatic N) is 2. The van der Waals surface area contributed by atoms with Crippen LogP contribution >= 0.6 is 0 Å². The first-order valence-corrected chi connectivity index (χ1v) is 11.4. The summed E-state index contributed by atoms with van der Waals surface area (Å²) in [5, 5.41) is 14.4. The highest BCUT2D eigenvalue weighted by molar-refractivity contribution is 5.95. The summed E-state index contributed by atoms with van der Waals surface area (Å²) >= 11 is 0. The third kappa shape index (κ3) is 5.82. The van der Waals surface area contributed by atoms with Crippen LogP contribution in [0.2, 0.25) is 0 Å². The number of carbonyl (C=O) groups is 2. The molecule has 0 bridgehead atoms. The van der Waals surface area contributed by atoms with E-state index in [9.17, 15) is 9.59 Å². The number of amides is 2. The summed E-state index contributed by atoms with van der Waals surface area (Å²) in [6.45, 7) is 5.72. The summed E-state index contributed by atoms with van der Waals surface area (Å²) in [6, 6.07) is 9.77. The lowest BCUT2D eigenvalue weighted by molar-refractivity contribution is -0.126. The van der Waals surface area contributed by atoms with Gasteiger partial charge in [-0.2, -0.15) is 5.26 Å². The van der Waals surface area contributed by atoms with Crippen molar-refractivity contribution in [2.75, 3.05) is 26.2 Å². The van der Waals surface area contributed by atoms with Crippen LogP contribution in [0.5, 0.6) is 0 Å².